The first-order valence-electron chi connectivity index (χ1n) is 4.75. The molecule has 0 saturated heterocycles. The Balaban J connectivity index is 2.77. The van der Waals surface area contributed by atoms with Crippen molar-refractivity contribution in [3.8, 4) is 0 Å². The Morgan fingerprint density at radius 3 is 2.62 bits per heavy atom. The monoisotopic (exact) mass is 304 g/mol. The maximum atomic E-state index is 11.7. The van der Waals surface area contributed by atoms with Crippen LogP contribution in [0.5, 0.6) is 0 Å². The second-order valence-corrected chi connectivity index (χ2v) is 5.57. The van der Waals surface area contributed by atoms with Crippen molar-refractivity contribution in [2.24, 2.45) is 11.7 Å². The van der Waals surface area contributed by atoms with Gasteiger partial charge in [0.2, 0.25) is 5.91 Å². The van der Waals surface area contributed by atoms with Crippen LogP contribution in [0.25, 0.3) is 0 Å². The average Bonchev–Trinajstić information content (AvgIpc) is 2.64. The van der Waals surface area contributed by atoms with Crippen molar-refractivity contribution in [1.82, 2.24) is 0 Å². The lowest BCUT2D eigenvalue weighted by Gasteiger charge is -2.13. The number of nitrogens with two attached hydrogens (primary N) is 1. The van der Waals surface area contributed by atoms with Gasteiger partial charge in [0.05, 0.1) is 10.4 Å². The number of carbonyl (C=O) groups is 2. The third kappa shape index (κ3) is 3.05. The van der Waals surface area contributed by atoms with E-state index in [1.54, 1.807) is 11.4 Å². The largest absolute Gasteiger partial charge is 0.366 e. The first-order valence-corrected chi connectivity index (χ1v) is 6.55. The normalized spacial score (nSPS) is 12.5. The molecule has 16 heavy (non-hydrogen) atoms. The van der Waals surface area contributed by atoms with E-state index in [4.69, 9.17) is 5.73 Å². The third-order valence-corrected chi connectivity index (χ3v) is 4.31. The summed E-state index contributed by atoms with van der Waals surface area (Å²) in [7, 11) is 0. The number of anilines is 1. The molecular formula is C10H13BrN2O2S. The fourth-order valence-electron chi connectivity index (χ4n) is 1.08. The highest BCUT2D eigenvalue weighted by Crippen LogP contribution is 2.24. The van der Waals surface area contributed by atoms with Gasteiger partial charge in [0, 0.05) is 0 Å². The van der Waals surface area contributed by atoms with E-state index in [0.717, 1.165) is 0 Å². The Morgan fingerprint density at radius 1 is 1.50 bits per heavy atom. The first-order chi connectivity index (χ1) is 7.43. The SMILES string of the molecule is CC(C)C(Br)C(=O)Nc1sccc1C(N)=O. The van der Waals surface area contributed by atoms with Crippen LogP contribution in [0, 0.1) is 5.92 Å². The van der Waals surface area contributed by atoms with E-state index in [0.29, 0.717) is 10.6 Å². The highest BCUT2D eigenvalue weighted by Gasteiger charge is 2.20. The number of thiophene rings is 1. The minimum absolute atomic E-state index is 0.167. The molecule has 1 rings (SSSR count). The molecule has 1 unspecified atom stereocenters. The number of hydrogen-bond acceptors (Lipinski definition) is 3. The van der Waals surface area contributed by atoms with Crippen LogP contribution >= 0.6 is 27.3 Å². The summed E-state index contributed by atoms with van der Waals surface area (Å²) in [6, 6.07) is 1.60. The van der Waals surface area contributed by atoms with Crippen molar-refractivity contribution in [2.45, 2.75) is 18.7 Å². The van der Waals surface area contributed by atoms with Gasteiger partial charge in [-0.15, -0.1) is 11.3 Å². The van der Waals surface area contributed by atoms with Crippen LogP contribution in [-0.2, 0) is 4.79 Å². The van der Waals surface area contributed by atoms with E-state index in [1.165, 1.54) is 11.3 Å². The summed E-state index contributed by atoms with van der Waals surface area (Å²) in [6.07, 6.45) is 0. The quantitative estimate of drug-likeness (QED) is 0.837. The molecule has 1 aromatic rings. The lowest BCUT2D eigenvalue weighted by Crippen LogP contribution is -2.27. The smallest absolute Gasteiger partial charge is 0.251 e. The Labute approximate surface area is 106 Å². The molecule has 88 valence electrons. The molecular weight excluding hydrogens is 292 g/mol. The lowest BCUT2D eigenvalue weighted by molar-refractivity contribution is -0.116. The molecule has 0 aromatic carbocycles. The minimum atomic E-state index is -0.535. The summed E-state index contributed by atoms with van der Waals surface area (Å²) in [5.74, 6) is -0.524. The fraction of sp³-hybridized carbons (Fsp3) is 0.400. The summed E-state index contributed by atoms with van der Waals surface area (Å²) in [5, 5.41) is 4.90. The number of hydrogen-bond donors (Lipinski definition) is 2. The minimum Gasteiger partial charge on any atom is -0.366 e. The predicted molar refractivity (Wildman–Crippen MR) is 69.0 cm³/mol. The molecule has 0 aliphatic heterocycles. The summed E-state index contributed by atoms with van der Waals surface area (Å²) >= 11 is 4.57. The zero-order chi connectivity index (χ0) is 12.3. The predicted octanol–water partition coefficient (Wildman–Crippen LogP) is 2.21. The number of amides is 2. The fourth-order valence-corrected chi connectivity index (χ4v) is 1.99. The number of halogens is 1. The van der Waals surface area contributed by atoms with E-state index < -0.39 is 5.91 Å². The molecule has 0 saturated carbocycles. The van der Waals surface area contributed by atoms with E-state index >= 15 is 0 Å². The molecule has 3 N–H and O–H groups in total. The number of rotatable bonds is 4. The van der Waals surface area contributed by atoms with Crippen molar-refractivity contribution in [3.63, 3.8) is 0 Å². The second-order valence-electron chi connectivity index (χ2n) is 3.66. The molecule has 6 heteroatoms. The van der Waals surface area contributed by atoms with Crippen LogP contribution in [0.15, 0.2) is 11.4 Å². The van der Waals surface area contributed by atoms with E-state index in [-0.39, 0.29) is 16.7 Å². The van der Waals surface area contributed by atoms with Gasteiger partial charge in [-0.05, 0) is 17.4 Å². The maximum absolute atomic E-state index is 11.7. The van der Waals surface area contributed by atoms with Crippen molar-refractivity contribution in [3.05, 3.63) is 17.0 Å². The summed E-state index contributed by atoms with van der Waals surface area (Å²) in [6.45, 7) is 3.87. The van der Waals surface area contributed by atoms with Crippen molar-refractivity contribution in [1.29, 1.82) is 0 Å². The molecule has 0 fully saturated rings. The van der Waals surface area contributed by atoms with Crippen LogP contribution < -0.4 is 11.1 Å². The Bertz CT molecular complexity index is 403. The summed E-state index contributed by atoms with van der Waals surface area (Å²) in [4.78, 5) is 22.5. The van der Waals surface area contributed by atoms with Gasteiger partial charge in [0.25, 0.3) is 5.91 Å². The van der Waals surface area contributed by atoms with Crippen LogP contribution in [-0.4, -0.2) is 16.6 Å². The van der Waals surface area contributed by atoms with Crippen LogP contribution in [0.3, 0.4) is 0 Å². The second kappa shape index (κ2) is 5.45. The average molecular weight is 305 g/mol. The molecule has 4 nitrogen and oxygen atoms in total. The molecule has 0 aliphatic carbocycles. The van der Waals surface area contributed by atoms with Gasteiger partial charge in [-0.1, -0.05) is 29.8 Å². The van der Waals surface area contributed by atoms with E-state index in [9.17, 15) is 9.59 Å². The molecule has 0 aliphatic rings. The zero-order valence-corrected chi connectivity index (χ0v) is 11.4. The van der Waals surface area contributed by atoms with Gasteiger partial charge in [-0.25, -0.2) is 0 Å². The number of primary amides is 1. The number of nitrogens with one attached hydrogen (secondary N) is 1. The van der Waals surface area contributed by atoms with Gasteiger partial charge in [-0.3, -0.25) is 9.59 Å². The van der Waals surface area contributed by atoms with Crippen molar-refractivity contribution < 1.29 is 9.59 Å². The highest BCUT2D eigenvalue weighted by atomic mass is 79.9. The zero-order valence-electron chi connectivity index (χ0n) is 8.99. The van der Waals surface area contributed by atoms with Gasteiger partial charge >= 0.3 is 0 Å². The standard InChI is InChI=1S/C10H13BrN2O2S/c1-5(2)7(11)9(15)13-10-6(8(12)14)3-4-16-10/h3-5,7H,1-2H3,(H2,12,14)(H,13,15). The topological polar surface area (TPSA) is 72.2 Å². The summed E-state index contributed by atoms with van der Waals surface area (Å²) in [5.41, 5.74) is 5.52. The van der Waals surface area contributed by atoms with Gasteiger partial charge in [0.15, 0.2) is 0 Å². The molecule has 0 spiro atoms. The molecule has 0 radical (unpaired) electrons. The van der Waals surface area contributed by atoms with Crippen molar-refractivity contribution in [2.75, 3.05) is 5.32 Å². The lowest BCUT2D eigenvalue weighted by atomic mass is 10.1. The highest BCUT2D eigenvalue weighted by molar-refractivity contribution is 9.10. The molecule has 0 bridgehead atoms. The molecule has 1 atom stereocenters. The summed E-state index contributed by atoms with van der Waals surface area (Å²) < 4.78 is 0. The Hall–Kier alpha value is -0.880. The van der Waals surface area contributed by atoms with Crippen LogP contribution in [0.1, 0.15) is 24.2 Å². The van der Waals surface area contributed by atoms with E-state index in [2.05, 4.69) is 21.2 Å². The van der Waals surface area contributed by atoms with Crippen molar-refractivity contribution >= 4 is 44.1 Å². The van der Waals surface area contributed by atoms with Crippen LogP contribution in [0.4, 0.5) is 5.00 Å². The maximum Gasteiger partial charge on any atom is 0.251 e. The number of alkyl halides is 1. The van der Waals surface area contributed by atoms with Gasteiger partial charge in [-0.2, -0.15) is 0 Å². The molecule has 2 amide bonds. The van der Waals surface area contributed by atoms with Gasteiger partial charge in [0.1, 0.15) is 5.00 Å². The molecule has 1 aromatic heterocycles. The third-order valence-electron chi connectivity index (χ3n) is 2.00. The Morgan fingerprint density at radius 2 is 2.12 bits per heavy atom. The van der Waals surface area contributed by atoms with E-state index in [1.807, 2.05) is 13.8 Å². The molecule has 1 heterocycles. The van der Waals surface area contributed by atoms with Crippen LogP contribution in [0.2, 0.25) is 0 Å². The Kier molecular flexibility index (Phi) is 4.49. The van der Waals surface area contributed by atoms with Gasteiger partial charge < -0.3 is 11.1 Å². The number of carbonyl (C=O) groups excluding carboxylic acids is 2. The first kappa shape index (κ1) is 13.2.